The Bertz CT molecular complexity index is 2110. The summed E-state index contributed by atoms with van der Waals surface area (Å²) in [5, 5.41) is 21.1. The van der Waals surface area contributed by atoms with Crippen molar-refractivity contribution in [2.45, 2.75) is 22.9 Å². The number of nitrogens with one attached hydrogen (secondary N) is 4. The fourth-order valence-corrected chi connectivity index (χ4v) is 6.36. The van der Waals surface area contributed by atoms with Crippen molar-refractivity contribution in [3.8, 4) is 11.5 Å². The largest absolute Gasteiger partial charge is 0.506 e. The average Bonchev–Trinajstić information content (AvgIpc) is 3.08. The Labute approximate surface area is 292 Å². The molecule has 258 valence electrons. The van der Waals surface area contributed by atoms with Crippen LogP contribution in [0, 0.1) is 0 Å². The smallest absolute Gasteiger partial charge is 0.253 e. The fourth-order valence-electron chi connectivity index (χ4n) is 4.61. The molecule has 4 aromatic carbocycles. The summed E-state index contributed by atoms with van der Waals surface area (Å²) in [5.41, 5.74) is 20.0. The fraction of sp³-hybridized carbons (Fsp3) is 0.0625. The van der Waals surface area contributed by atoms with E-state index in [1.54, 1.807) is 36.7 Å². The Morgan fingerprint density at radius 3 is 1.29 bits per heavy atom. The molecule has 0 amide bonds. The molecule has 17 heteroatoms. The summed E-state index contributed by atoms with van der Waals surface area (Å²) in [6, 6.07) is 25.4. The van der Waals surface area contributed by atoms with Crippen molar-refractivity contribution in [1.82, 2.24) is 30.5 Å². The van der Waals surface area contributed by atoms with Crippen LogP contribution in [0.4, 0.5) is 11.4 Å². The van der Waals surface area contributed by atoms with Gasteiger partial charge in [0.25, 0.3) is 20.0 Å². The number of phenols is 2. The molecule has 0 fully saturated rings. The summed E-state index contributed by atoms with van der Waals surface area (Å²) in [6.07, 6.45) is 3.17. The number of hydrazine groups is 2. The zero-order valence-electron chi connectivity index (χ0n) is 25.5. The second-order valence-electron chi connectivity index (χ2n) is 10.3. The first-order chi connectivity index (χ1) is 22.9. The molecule has 0 aliphatic heterocycles. The van der Waals surface area contributed by atoms with Crippen molar-refractivity contribution in [2.75, 3.05) is 11.5 Å². The van der Waals surface area contributed by atoms with Gasteiger partial charge in [-0.05, 0) is 83.9 Å². The Morgan fingerprint density at radius 2 is 0.918 bits per heavy atom. The number of pyridine rings is 2. The summed E-state index contributed by atoms with van der Waals surface area (Å²) < 4.78 is 48.7. The number of phenolic OH excluding ortho intramolecular Hbond substituents is 2. The van der Waals surface area contributed by atoms with Gasteiger partial charge in [-0.1, -0.05) is 24.3 Å². The van der Waals surface area contributed by atoms with Crippen LogP contribution in [0.2, 0.25) is 0 Å². The van der Waals surface area contributed by atoms with Crippen LogP contribution in [0.15, 0.2) is 119 Å². The van der Waals surface area contributed by atoms with Gasteiger partial charge in [-0.2, -0.15) is 0 Å². The summed E-state index contributed by atoms with van der Waals surface area (Å²) in [5.74, 6) is 0.161. The molecule has 6 rings (SSSR count). The molecule has 0 atom stereocenters. The van der Waals surface area contributed by atoms with Crippen LogP contribution in [0.3, 0.4) is 0 Å². The van der Waals surface area contributed by atoms with Gasteiger partial charge in [-0.3, -0.25) is 9.97 Å². The third-order valence-corrected chi connectivity index (χ3v) is 9.64. The summed E-state index contributed by atoms with van der Waals surface area (Å²) >= 11 is 0. The third-order valence-electron chi connectivity index (χ3n) is 7.03. The molecule has 0 bridgehead atoms. The molecule has 0 unspecified atom stereocenters. The standard InChI is InChI=1S/2C16H16N4O3S.Ni/c2*17-12-4-6-13(7-5-12)24(22,23)20-19-10-11-3-8-15(21)16-14(11)2-1-9-18-16;/h2*1-9,19-21H,10,17H2;. The molecule has 0 spiro atoms. The maximum absolute atomic E-state index is 12.2. The van der Waals surface area contributed by atoms with Gasteiger partial charge in [0.15, 0.2) is 0 Å². The predicted octanol–water partition coefficient (Wildman–Crippen LogP) is 3.01. The minimum atomic E-state index is -3.69. The number of rotatable bonds is 10. The number of benzene rings is 4. The summed E-state index contributed by atoms with van der Waals surface area (Å²) in [6.45, 7) is 0.466. The van der Waals surface area contributed by atoms with E-state index in [9.17, 15) is 27.0 Å². The summed E-state index contributed by atoms with van der Waals surface area (Å²) in [4.78, 5) is 13.1. The number of aromatic nitrogens is 2. The molecule has 0 aliphatic rings. The Morgan fingerprint density at radius 1 is 0.551 bits per heavy atom. The number of anilines is 2. The van der Waals surface area contributed by atoms with Crippen LogP contribution in [-0.2, 0) is 49.6 Å². The summed E-state index contributed by atoms with van der Waals surface area (Å²) in [7, 11) is -7.38. The zero-order chi connectivity index (χ0) is 34.3. The molecule has 0 saturated carbocycles. The molecular formula is C32H32N8NiO6S2. The van der Waals surface area contributed by atoms with E-state index in [1.165, 1.54) is 60.7 Å². The van der Waals surface area contributed by atoms with Crippen LogP contribution >= 0.6 is 0 Å². The van der Waals surface area contributed by atoms with Gasteiger partial charge in [0, 0.05) is 64.1 Å². The van der Waals surface area contributed by atoms with E-state index in [1.807, 2.05) is 12.1 Å². The minimum Gasteiger partial charge on any atom is -0.506 e. The first-order valence-electron chi connectivity index (χ1n) is 14.3. The second-order valence-corrected chi connectivity index (χ2v) is 13.7. The maximum Gasteiger partial charge on any atom is 0.253 e. The van der Waals surface area contributed by atoms with Gasteiger partial charge in [0.05, 0.1) is 9.79 Å². The topological polar surface area (TPSA) is 235 Å². The monoisotopic (exact) mass is 746 g/mol. The number of nitrogen functional groups attached to an aromatic ring is 2. The van der Waals surface area contributed by atoms with Crippen LogP contribution in [0.1, 0.15) is 11.1 Å². The molecule has 49 heavy (non-hydrogen) atoms. The first-order valence-corrected chi connectivity index (χ1v) is 17.2. The minimum absolute atomic E-state index is 0. The molecule has 0 radical (unpaired) electrons. The van der Waals surface area contributed by atoms with Gasteiger partial charge < -0.3 is 21.7 Å². The SMILES string of the molecule is Nc1ccc(S(=O)(=O)NNCc2ccc(O)c3ncccc23)cc1.Nc1ccc(S(=O)(=O)NNCc2ccc(O)c3ncccc23)cc1.[Ni]. The number of aromatic hydroxyl groups is 2. The molecule has 6 aromatic rings. The number of fused-ring (bicyclic) bond motifs is 2. The molecule has 10 N–H and O–H groups in total. The number of hydrogen-bond acceptors (Lipinski definition) is 12. The van der Waals surface area contributed by atoms with Crippen LogP contribution in [0.25, 0.3) is 21.8 Å². The van der Waals surface area contributed by atoms with E-state index in [4.69, 9.17) is 11.5 Å². The van der Waals surface area contributed by atoms with E-state index in [0.29, 0.717) is 22.4 Å². The molecule has 2 heterocycles. The Kier molecular flexibility index (Phi) is 12.1. The molecule has 14 nitrogen and oxygen atoms in total. The Hall–Kier alpha value is -4.87. The van der Waals surface area contributed by atoms with Crippen molar-refractivity contribution in [2.24, 2.45) is 0 Å². The van der Waals surface area contributed by atoms with Crippen LogP contribution in [-0.4, -0.2) is 37.0 Å². The average molecular weight is 747 g/mol. The number of hydrogen-bond donors (Lipinski definition) is 8. The molecule has 2 aromatic heterocycles. The quantitative estimate of drug-likeness (QED) is 0.0574. The number of sulfonamides is 2. The van der Waals surface area contributed by atoms with Crippen molar-refractivity contribution in [3.63, 3.8) is 0 Å². The van der Waals surface area contributed by atoms with Crippen molar-refractivity contribution < 1.29 is 43.5 Å². The van der Waals surface area contributed by atoms with Gasteiger partial charge in [-0.25, -0.2) is 27.7 Å². The van der Waals surface area contributed by atoms with Crippen LogP contribution in [0.5, 0.6) is 11.5 Å². The van der Waals surface area contributed by atoms with Crippen LogP contribution < -0.4 is 32.0 Å². The maximum atomic E-state index is 12.2. The van der Waals surface area contributed by atoms with E-state index in [0.717, 1.165) is 21.9 Å². The molecule has 0 saturated heterocycles. The zero-order valence-corrected chi connectivity index (χ0v) is 28.1. The van der Waals surface area contributed by atoms with Crippen molar-refractivity contribution in [1.29, 1.82) is 0 Å². The van der Waals surface area contributed by atoms with E-state index >= 15 is 0 Å². The first kappa shape index (κ1) is 37.0. The molecular weight excluding hydrogens is 715 g/mol. The van der Waals surface area contributed by atoms with Gasteiger partial charge in [0.1, 0.15) is 22.5 Å². The third kappa shape index (κ3) is 9.19. The second kappa shape index (κ2) is 16.0. The normalized spacial score (nSPS) is 11.4. The van der Waals surface area contributed by atoms with Crippen molar-refractivity contribution in [3.05, 3.63) is 121 Å². The van der Waals surface area contributed by atoms with E-state index < -0.39 is 20.0 Å². The Balaban J connectivity index is 0.000000216. The predicted molar refractivity (Wildman–Crippen MR) is 183 cm³/mol. The van der Waals surface area contributed by atoms with E-state index in [2.05, 4.69) is 30.5 Å². The molecule has 0 aliphatic carbocycles. The number of nitrogens with two attached hydrogens (primary N) is 2. The van der Waals surface area contributed by atoms with Gasteiger partial charge >= 0.3 is 0 Å². The van der Waals surface area contributed by atoms with Crippen molar-refractivity contribution >= 4 is 53.2 Å². The van der Waals surface area contributed by atoms with E-state index in [-0.39, 0.29) is 50.9 Å². The number of nitrogens with zero attached hydrogens (tertiary/aromatic N) is 2. The van der Waals surface area contributed by atoms with Gasteiger partial charge in [0.2, 0.25) is 0 Å². The van der Waals surface area contributed by atoms with Gasteiger partial charge in [-0.15, -0.1) is 9.66 Å².